The lowest BCUT2D eigenvalue weighted by molar-refractivity contribution is -0.120. The van der Waals surface area contributed by atoms with Gasteiger partial charge in [-0.15, -0.1) is 0 Å². The molecule has 4 N–H and O–H groups in total. The van der Waals surface area contributed by atoms with Gasteiger partial charge in [-0.25, -0.2) is 0 Å². The van der Waals surface area contributed by atoms with Crippen molar-refractivity contribution in [1.29, 1.82) is 0 Å². The summed E-state index contributed by atoms with van der Waals surface area (Å²) in [5.41, 5.74) is 7.37. The van der Waals surface area contributed by atoms with Crippen molar-refractivity contribution in [3.8, 4) is 5.75 Å². The first kappa shape index (κ1) is 12.9. The predicted octanol–water partition coefficient (Wildman–Crippen LogP) is 2.16. The van der Waals surface area contributed by atoms with Crippen LogP contribution in [0.25, 0.3) is 0 Å². The minimum Gasteiger partial charge on any atom is -0.506 e. The topological polar surface area (TPSA) is 75.3 Å². The Bertz CT molecular complexity index is 445. The van der Waals surface area contributed by atoms with E-state index in [4.69, 9.17) is 5.73 Å². The number of carbonyl (C=O) groups excluding carboxylic acids is 1. The molecule has 4 heteroatoms. The van der Waals surface area contributed by atoms with Crippen molar-refractivity contribution in [3.05, 3.63) is 23.8 Å². The highest BCUT2D eigenvalue weighted by atomic mass is 16.3. The van der Waals surface area contributed by atoms with Gasteiger partial charge >= 0.3 is 0 Å². The molecule has 1 aromatic rings. The number of benzene rings is 1. The zero-order chi connectivity index (χ0) is 13.1. The molecule has 0 aliphatic heterocycles. The summed E-state index contributed by atoms with van der Waals surface area (Å²) < 4.78 is 0. The number of rotatable bonds is 2. The molecule has 1 aliphatic rings. The van der Waals surface area contributed by atoms with Gasteiger partial charge in [0.1, 0.15) is 5.75 Å². The first-order valence-corrected chi connectivity index (χ1v) is 6.42. The Labute approximate surface area is 107 Å². The second-order valence-electron chi connectivity index (χ2n) is 5.13. The van der Waals surface area contributed by atoms with Crippen LogP contribution in [-0.4, -0.2) is 17.1 Å². The van der Waals surface area contributed by atoms with Gasteiger partial charge in [0.05, 0.1) is 5.69 Å². The summed E-state index contributed by atoms with van der Waals surface area (Å²) in [6.45, 7) is 1.92. The average Bonchev–Trinajstić information content (AvgIpc) is 2.34. The van der Waals surface area contributed by atoms with E-state index in [1.807, 2.05) is 13.0 Å². The van der Waals surface area contributed by atoms with Gasteiger partial charge in [0, 0.05) is 12.0 Å². The van der Waals surface area contributed by atoms with E-state index in [1.54, 1.807) is 12.1 Å². The molecule has 0 heterocycles. The number of aromatic hydroxyl groups is 1. The number of nitrogens with two attached hydrogens (primary N) is 1. The van der Waals surface area contributed by atoms with Gasteiger partial charge in [-0.2, -0.15) is 0 Å². The molecule has 98 valence electrons. The molecule has 2 unspecified atom stereocenters. The van der Waals surface area contributed by atoms with Crippen molar-refractivity contribution >= 4 is 11.6 Å². The standard InChI is InChI=1S/C14H20N2O2/c1-9-5-6-13(17)12(7-9)16-14(18)10-3-2-4-11(15)8-10/h5-7,10-11,17H,2-4,8,15H2,1H3,(H,16,18). The highest BCUT2D eigenvalue weighted by Crippen LogP contribution is 2.28. The minimum atomic E-state index is -0.0361. The molecule has 18 heavy (non-hydrogen) atoms. The number of phenols is 1. The summed E-state index contributed by atoms with van der Waals surface area (Å²) >= 11 is 0. The average molecular weight is 248 g/mol. The molecule has 0 bridgehead atoms. The van der Waals surface area contributed by atoms with Crippen LogP contribution in [0.5, 0.6) is 5.75 Å². The molecule has 1 aromatic carbocycles. The summed E-state index contributed by atoms with van der Waals surface area (Å²) in [6, 6.07) is 5.30. The lowest BCUT2D eigenvalue weighted by atomic mass is 9.85. The minimum absolute atomic E-state index is 0.0336. The Kier molecular flexibility index (Phi) is 3.87. The summed E-state index contributed by atoms with van der Waals surface area (Å²) in [4.78, 5) is 12.1. The SMILES string of the molecule is Cc1ccc(O)c(NC(=O)C2CCCC(N)C2)c1. The monoisotopic (exact) mass is 248 g/mol. The zero-order valence-electron chi connectivity index (χ0n) is 10.6. The fraction of sp³-hybridized carbons (Fsp3) is 0.500. The van der Waals surface area contributed by atoms with Gasteiger partial charge in [0.15, 0.2) is 0 Å². The highest BCUT2D eigenvalue weighted by molar-refractivity contribution is 5.94. The van der Waals surface area contributed by atoms with Gasteiger partial charge in [-0.05, 0) is 43.9 Å². The first-order valence-electron chi connectivity index (χ1n) is 6.42. The quantitative estimate of drug-likeness (QED) is 0.702. The molecule has 0 aromatic heterocycles. The van der Waals surface area contributed by atoms with Crippen molar-refractivity contribution < 1.29 is 9.90 Å². The molecule has 1 saturated carbocycles. The second kappa shape index (κ2) is 5.40. The summed E-state index contributed by atoms with van der Waals surface area (Å²) in [5, 5.41) is 12.5. The fourth-order valence-corrected chi connectivity index (χ4v) is 2.45. The lowest BCUT2D eigenvalue weighted by Crippen LogP contribution is -2.34. The zero-order valence-corrected chi connectivity index (χ0v) is 10.6. The highest BCUT2D eigenvalue weighted by Gasteiger charge is 2.25. The summed E-state index contributed by atoms with van der Waals surface area (Å²) in [6.07, 6.45) is 3.61. The fourth-order valence-electron chi connectivity index (χ4n) is 2.45. The van der Waals surface area contributed by atoms with Crippen molar-refractivity contribution in [2.45, 2.75) is 38.6 Å². The molecule has 0 spiro atoms. The molecule has 1 fully saturated rings. The van der Waals surface area contributed by atoms with Crippen LogP contribution in [0.1, 0.15) is 31.2 Å². The molecule has 1 amide bonds. The third kappa shape index (κ3) is 3.01. The number of carbonyl (C=O) groups is 1. The smallest absolute Gasteiger partial charge is 0.227 e. The van der Waals surface area contributed by atoms with E-state index < -0.39 is 0 Å². The maximum Gasteiger partial charge on any atom is 0.227 e. The Hall–Kier alpha value is -1.55. The van der Waals surface area contributed by atoms with E-state index in [0.717, 1.165) is 31.2 Å². The van der Waals surface area contributed by atoms with Crippen molar-refractivity contribution in [3.63, 3.8) is 0 Å². The molecular weight excluding hydrogens is 228 g/mol. The third-order valence-corrected chi connectivity index (χ3v) is 3.50. The van der Waals surface area contributed by atoms with Crippen LogP contribution in [0, 0.1) is 12.8 Å². The second-order valence-corrected chi connectivity index (χ2v) is 5.13. The number of nitrogens with one attached hydrogen (secondary N) is 1. The van der Waals surface area contributed by atoms with Crippen molar-refractivity contribution in [2.24, 2.45) is 11.7 Å². The van der Waals surface area contributed by atoms with E-state index in [9.17, 15) is 9.90 Å². The van der Waals surface area contributed by atoms with E-state index in [1.165, 1.54) is 0 Å². The van der Waals surface area contributed by atoms with Crippen LogP contribution in [0.15, 0.2) is 18.2 Å². The Morgan fingerprint density at radius 1 is 1.44 bits per heavy atom. The van der Waals surface area contributed by atoms with Crippen LogP contribution in [0.4, 0.5) is 5.69 Å². The number of aryl methyl sites for hydroxylation is 1. The molecule has 2 atom stereocenters. The number of hydrogen-bond donors (Lipinski definition) is 3. The maximum atomic E-state index is 12.1. The Morgan fingerprint density at radius 3 is 2.94 bits per heavy atom. The lowest BCUT2D eigenvalue weighted by Gasteiger charge is -2.25. The first-order chi connectivity index (χ1) is 8.56. The normalized spacial score (nSPS) is 23.7. The summed E-state index contributed by atoms with van der Waals surface area (Å²) in [7, 11) is 0. The van der Waals surface area contributed by atoms with Crippen molar-refractivity contribution in [2.75, 3.05) is 5.32 Å². The van der Waals surface area contributed by atoms with Gasteiger partial charge < -0.3 is 16.2 Å². The van der Waals surface area contributed by atoms with E-state index >= 15 is 0 Å². The van der Waals surface area contributed by atoms with Gasteiger partial charge in [0.2, 0.25) is 5.91 Å². The number of anilines is 1. The van der Waals surface area contributed by atoms with Crippen molar-refractivity contribution in [1.82, 2.24) is 0 Å². The van der Waals surface area contributed by atoms with Crippen LogP contribution >= 0.6 is 0 Å². The Balaban J connectivity index is 2.04. The number of phenolic OH excluding ortho intramolecular Hbond substituents is 1. The molecule has 2 rings (SSSR count). The molecule has 0 radical (unpaired) electrons. The van der Waals surface area contributed by atoms with E-state index in [-0.39, 0.29) is 23.6 Å². The van der Waals surface area contributed by atoms with Gasteiger partial charge in [-0.1, -0.05) is 12.5 Å². The van der Waals surface area contributed by atoms with Crippen LogP contribution in [-0.2, 0) is 4.79 Å². The van der Waals surface area contributed by atoms with Crippen LogP contribution < -0.4 is 11.1 Å². The summed E-state index contributed by atoms with van der Waals surface area (Å²) in [5.74, 6) is 0.0359. The number of hydrogen-bond acceptors (Lipinski definition) is 3. The van der Waals surface area contributed by atoms with E-state index in [0.29, 0.717) is 5.69 Å². The molecule has 0 saturated heterocycles. The molecule has 4 nitrogen and oxygen atoms in total. The van der Waals surface area contributed by atoms with Gasteiger partial charge in [-0.3, -0.25) is 4.79 Å². The van der Waals surface area contributed by atoms with E-state index in [2.05, 4.69) is 5.32 Å². The molecule has 1 aliphatic carbocycles. The number of amides is 1. The third-order valence-electron chi connectivity index (χ3n) is 3.50. The largest absolute Gasteiger partial charge is 0.506 e. The predicted molar refractivity (Wildman–Crippen MR) is 71.4 cm³/mol. The Morgan fingerprint density at radius 2 is 2.22 bits per heavy atom. The van der Waals surface area contributed by atoms with Gasteiger partial charge in [0.25, 0.3) is 0 Å². The maximum absolute atomic E-state index is 12.1. The van der Waals surface area contributed by atoms with Crippen LogP contribution in [0.3, 0.4) is 0 Å². The van der Waals surface area contributed by atoms with Crippen LogP contribution in [0.2, 0.25) is 0 Å². The molecular formula is C14H20N2O2.